The van der Waals surface area contributed by atoms with Crippen molar-refractivity contribution in [3.63, 3.8) is 0 Å². The molecule has 2 heterocycles. The van der Waals surface area contributed by atoms with Crippen LogP contribution >= 0.6 is 0 Å². The van der Waals surface area contributed by atoms with Crippen LogP contribution in [0.15, 0.2) is 41.3 Å². The van der Waals surface area contributed by atoms with Gasteiger partial charge >= 0.3 is 0 Å². The number of piperidine rings is 1. The number of amides is 1. The van der Waals surface area contributed by atoms with E-state index in [2.05, 4.69) is 35.3 Å². The van der Waals surface area contributed by atoms with E-state index in [9.17, 15) is 9.59 Å². The molecule has 1 aliphatic carbocycles. The number of carbonyl (C=O) groups is 1. The summed E-state index contributed by atoms with van der Waals surface area (Å²) in [7, 11) is 3.48. The van der Waals surface area contributed by atoms with Gasteiger partial charge in [-0.15, -0.1) is 0 Å². The van der Waals surface area contributed by atoms with Gasteiger partial charge in [-0.25, -0.2) is 0 Å². The second-order valence-corrected chi connectivity index (χ2v) is 9.32. The summed E-state index contributed by atoms with van der Waals surface area (Å²) in [6.07, 6.45) is 5.71. The Morgan fingerprint density at radius 1 is 1.22 bits per heavy atom. The third-order valence-corrected chi connectivity index (χ3v) is 6.98. The summed E-state index contributed by atoms with van der Waals surface area (Å²) in [4.78, 5) is 28.2. The number of methoxy groups -OCH3 is 1. The molecule has 0 bridgehead atoms. The lowest BCUT2D eigenvalue weighted by Gasteiger charge is -2.36. The summed E-state index contributed by atoms with van der Waals surface area (Å²) in [5.41, 5.74) is 4.64. The molecule has 2 atom stereocenters. The molecule has 172 valence electrons. The van der Waals surface area contributed by atoms with Crippen LogP contribution in [0.5, 0.6) is 0 Å². The lowest BCUT2D eigenvalue weighted by molar-refractivity contribution is -0.138. The van der Waals surface area contributed by atoms with E-state index in [1.165, 1.54) is 16.7 Å². The molecule has 1 saturated heterocycles. The van der Waals surface area contributed by atoms with Gasteiger partial charge in [0.25, 0.3) is 5.56 Å². The third kappa shape index (κ3) is 5.13. The minimum atomic E-state index is -0.145. The number of aryl methyl sites for hydroxylation is 2. The monoisotopic (exact) mass is 437 g/mol. The average molecular weight is 438 g/mol. The van der Waals surface area contributed by atoms with Gasteiger partial charge in [-0.3, -0.25) is 9.59 Å². The normalized spacial score (nSPS) is 20.8. The molecule has 4 rings (SSSR count). The maximum absolute atomic E-state index is 13.9. The standard InChI is InChI=1S/C26H35N3O3/c1-18-4-5-19(10-13-32-3)14-21(18)17-29(22-6-7-22)26(31)24-16-27-11-8-23(24)20-9-12-28(2)25(30)15-20/h4-5,9,12,14-15,22-24,27H,6-8,10-11,13,16-17H2,1-3H3/t23?,24-/m0/s1. The number of benzene rings is 1. The summed E-state index contributed by atoms with van der Waals surface area (Å²) in [6.45, 7) is 4.99. The first-order chi connectivity index (χ1) is 15.5. The first kappa shape index (κ1) is 22.7. The van der Waals surface area contributed by atoms with Crippen LogP contribution in [0.1, 0.15) is 47.4 Å². The Balaban J connectivity index is 1.57. The van der Waals surface area contributed by atoms with E-state index in [1.807, 2.05) is 12.3 Å². The van der Waals surface area contributed by atoms with Crippen LogP contribution in [0, 0.1) is 12.8 Å². The van der Waals surface area contributed by atoms with Gasteiger partial charge in [-0.1, -0.05) is 18.2 Å². The van der Waals surface area contributed by atoms with E-state index >= 15 is 0 Å². The molecule has 6 nitrogen and oxygen atoms in total. The van der Waals surface area contributed by atoms with Crippen LogP contribution in [0.25, 0.3) is 0 Å². The molecule has 2 fully saturated rings. The van der Waals surface area contributed by atoms with Gasteiger partial charge in [0.05, 0.1) is 12.5 Å². The van der Waals surface area contributed by atoms with Gasteiger partial charge in [-0.2, -0.15) is 0 Å². The molecular formula is C26H35N3O3. The fourth-order valence-electron chi connectivity index (χ4n) is 4.75. The number of carbonyl (C=O) groups excluding carboxylic acids is 1. The zero-order chi connectivity index (χ0) is 22.7. The number of aromatic nitrogens is 1. The van der Waals surface area contributed by atoms with Crippen molar-refractivity contribution in [2.75, 3.05) is 26.8 Å². The highest BCUT2D eigenvalue weighted by atomic mass is 16.5. The SMILES string of the molecule is COCCc1ccc(C)c(CN(C(=O)[C@H]2CNCCC2c2ccn(C)c(=O)c2)C2CC2)c1. The first-order valence-electron chi connectivity index (χ1n) is 11.7. The van der Waals surface area contributed by atoms with Crippen LogP contribution in [0.3, 0.4) is 0 Å². The molecule has 1 aromatic heterocycles. The van der Waals surface area contributed by atoms with Gasteiger partial charge < -0.3 is 19.5 Å². The molecule has 1 amide bonds. The van der Waals surface area contributed by atoms with Gasteiger partial charge in [0.1, 0.15) is 0 Å². The summed E-state index contributed by atoms with van der Waals surface area (Å²) in [5, 5.41) is 3.42. The Hall–Kier alpha value is -2.44. The van der Waals surface area contributed by atoms with E-state index in [0.29, 0.717) is 25.7 Å². The Morgan fingerprint density at radius 2 is 2.03 bits per heavy atom. The van der Waals surface area contributed by atoms with Crippen molar-refractivity contribution in [1.82, 2.24) is 14.8 Å². The Labute approximate surface area is 190 Å². The van der Waals surface area contributed by atoms with Crippen molar-refractivity contribution in [3.8, 4) is 0 Å². The van der Waals surface area contributed by atoms with E-state index in [1.54, 1.807) is 24.8 Å². The molecule has 1 unspecified atom stereocenters. The van der Waals surface area contributed by atoms with Crippen LogP contribution < -0.4 is 10.9 Å². The fourth-order valence-corrected chi connectivity index (χ4v) is 4.75. The highest BCUT2D eigenvalue weighted by Crippen LogP contribution is 2.36. The van der Waals surface area contributed by atoms with Crippen LogP contribution in [0.2, 0.25) is 0 Å². The van der Waals surface area contributed by atoms with Crippen LogP contribution in [-0.2, 0) is 29.5 Å². The van der Waals surface area contributed by atoms with Gasteiger partial charge in [0.15, 0.2) is 0 Å². The molecule has 1 aliphatic heterocycles. The molecule has 6 heteroatoms. The third-order valence-electron chi connectivity index (χ3n) is 6.98. The van der Waals surface area contributed by atoms with E-state index < -0.39 is 0 Å². The second-order valence-electron chi connectivity index (χ2n) is 9.32. The number of nitrogens with one attached hydrogen (secondary N) is 1. The number of pyridine rings is 1. The van der Waals surface area contributed by atoms with Crippen molar-refractivity contribution in [2.24, 2.45) is 13.0 Å². The molecule has 2 aliphatic rings. The lowest BCUT2D eigenvalue weighted by Crippen LogP contribution is -2.47. The first-order valence-corrected chi connectivity index (χ1v) is 11.7. The summed E-state index contributed by atoms with van der Waals surface area (Å²) in [5.74, 6) is 0.147. The Bertz CT molecular complexity index is 1010. The predicted molar refractivity (Wildman–Crippen MR) is 126 cm³/mol. The minimum absolute atomic E-state index is 0.0187. The molecule has 0 spiro atoms. The number of nitrogens with zero attached hydrogens (tertiary/aromatic N) is 2. The van der Waals surface area contributed by atoms with Crippen molar-refractivity contribution in [1.29, 1.82) is 0 Å². The van der Waals surface area contributed by atoms with Gasteiger partial charge in [0.2, 0.25) is 5.91 Å². The molecule has 2 aromatic rings. The van der Waals surface area contributed by atoms with Crippen molar-refractivity contribution in [3.05, 3.63) is 69.1 Å². The van der Waals surface area contributed by atoms with Gasteiger partial charge in [0, 0.05) is 45.6 Å². The molecular weight excluding hydrogens is 402 g/mol. The molecule has 32 heavy (non-hydrogen) atoms. The number of ether oxygens (including phenoxy) is 1. The molecule has 0 radical (unpaired) electrons. The van der Waals surface area contributed by atoms with Crippen LogP contribution in [-0.4, -0.2) is 48.2 Å². The van der Waals surface area contributed by atoms with E-state index in [4.69, 9.17) is 4.74 Å². The fraction of sp³-hybridized carbons (Fsp3) is 0.538. The Kier molecular flexibility index (Phi) is 7.11. The number of rotatable bonds is 8. The zero-order valence-corrected chi connectivity index (χ0v) is 19.5. The van der Waals surface area contributed by atoms with Gasteiger partial charge in [-0.05, 0) is 73.4 Å². The highest BCUT2D eigenvalue weighted by Gasteiger charge is 2.40. The molecule has 1 saturated carbocycles. The quantitative estimate of drug-likeness (QED) is 0.690. The van der Waals surface area contributed by atoms with Crippen LogP contribution in [0.4, 0.5) is 0 Å². The zero-order valence-electron chi connectivity index (χ0n) is 19.5. The van der Waals surface area contributed by atoms with E-state index in [0.717, 1.165) is 37.8 Å². The second kappa shape index (κ2) is 10.0. The smallest absolute Gasteiger partial charge is 0.250 e. The summed E-state index contributed by atoms with van der Waals surface area (Å²) in [6, 6.07) is 10.6. The maximum Gasteiger partial charge on any atom is 0.250 e. The average Bonchev–Trinajstić information content (AvgIpc) is 3.64. The van der Waals surface area contributed by atoms with Crippen molar-refractivity contribution in [2.45, 2.75) is 51.1 Å². The summed E-state index contributed by atoms with van der Waals surface area (Å²) >= 11 is 0. The molecule has 1 N–H and O–H groups in total. The molecule has 1 aromatic carbocycles. The Morgan fingerprint density at radius 3 is 2.75 bits per heavy atom. The van der Waals surface area contributed by atoms with Crippen molar-refractivity contribution < 1.29 is 9.53 Å². The number of hydrogen-bond donors (Lipinski definition) is 1. The minimum Gasteiger partial charge on any atom is -0.384 e. The number of hydrogen-bond acceptors (Lipinski definition) is 4. The van der Waals surface area contributed by atoms with Crippen molar-refractivity contribution >= 4 is 5.91 Å². The van der Waals surface area contributed by atoms with E-state index in [-0.39, 0.29) is 23.3 Å². The predicted octanol–water partition coefficient (Wildman–Crippen LogP) is 2.77. The summed E-state index contributed by atoms with van der Waals surface area (Å²) < 4.78 is 6.82. The lowest BCUT2D eigenvalue weighted by atomic mass is 9.80. The highest BCUT2D eigenvalue weighted by molar-refractivity contribution is 5.81. The topological polar surface area (TPSA) is 63.6 Å². The maximum atomic E-state index is 13.9. The largest absolute Gasteiger partial charge is 0.384 e.